The van der Waals surface area contributed by atoms with Gasteiger partial charge in [0.1, 0.15) is 0 Å². The second-order valence-electron chi connectivity index (χ2n) is 7.69. The average molecular weight is 431 g/mol. The molecule has 0 spiro atoms. The predicted octanol–water partition coefficient (Wildman–Crippen LogP) is 6.07. The van der Waals surface area contributed by atoms with E-state index in [0.717, 1.165) is 39.2 Å². The van der Waals surface area contributed by atoms with E-state index in [2.05, 4.69) is 15.4 Å². The topological polar surface area (TPSA) is 59.8 Å². The first kappa shape index (κ1) is 20.8. The second kappa shape index (κ2) is 8.36. The molecule has 0 bridgehead atoms. The van der Waals surface area contributed by atoms with E-state index >= 15 is 0 Å². The van der Waals surface area contributed by atoms with Gasteiger partial charge in [0.2, 0.25) is 5.82 Å². The first-order chi connectivity index (χ1) is 14.8. The molecule has 6 heteroatoms. The van der Waals surface area contributed by atoms with Crippen LogP contribution in [0.3, 0.4) is 0 Å². The summed E-state index contributed by atoms with van der Waals surface area (Å²) in [5.74, 6) is 0.309. The van der Waals surface area contributed by atoms with Gasteiger partial charge in [0, 0.05) is 16.3 Å². The molecule has 0 aliphatic heterocycles. The number of anilines is 1. The number of halogens is 1. The molecule has 1 aromatic heterocycles. The lowest BCUT2D eigenvalue weighted by Crippen LogP contribution is -2.16. The summed E-state index contributed by atoms with van der Waals surface area (Å²) in [4.78, 5) is 17.6. The predicted molar refractivity (Wildman–Crippen MR) is 125 cm³/mol. The fourth-order valence-corrected chi connectivity index (χ4v) is 3.55. The molecule has 0 saturated heterocycles. The third kappa shape index (κ3) is 4.23. The maximum atomic E-state index is 13.0. The van der Waals surface area contributed by atoms with E-state index < -0.39 is 0 Å². The fourth-order valence-electron chi connectivity index (χ4n) is 3.37. The number of carbonyl (C=O) groups excluding carboxylic acids is 1. The third-order valence-electron chi connectivity index (χ3n) is 5.24. The Morgan fingerprint density at radius 1 is 0.903 bits per heavy atom. The number of aromatic nitrogens is 3. The molecule has 0 fully saturated rings. The zero-order valence-electron chi connectivity index (χ0n) is 17.9. The van der Waals surface area contributed by atoms with Crippen molar-refractivity contribution in [1.82, 2.24) is 14.8 Å². The van der Waals surface area contributed by atoms with Crippen molar-refractivity contribution in [3.8, 4) is 17.1 Å². The van der Waals surface area contributed by atoms with Crippen LogP contribution in [0.5, 0.6) is 0 Å². The Bertz CT molecular complexity index is 1260. The number of amides is 1. The smallest absolute Gasteiger partial charge is 0.295 e. The van der Waals surface area contributed by atoms with E-state index in [-0.39, 0.29) is 11.7 Å². The first-order valence-corrected chi connectivity index (χ1v) is 10.4. The van der Waals surface area contributed by atoms with Crippen LogP contribution < -0.4 is 5.32 Å². The normalized spacial score (nSPS) is 10.9. The Labute approximate surface area is 186 Å². The molecular weight excluding hydrogens is 408 g/mol. The summed E-state index contributed by atoms with van der Waals surface area (Å²) in [7, 11) is 0. The number of aryl methyl sites for hydroxylation is 4. The van der Waals surface area contributed by atoms with Crippen LogP contribution in [0.1, 0.15) is 32.9 Å². The lowest BCUT2D eigenvalue weighted by molar-refractivity contribution is 0.101. The van der Waals surface area contributed by atoms with Crippen molar-refractivity contribution in [3.05, 3.63) is 93.8 Å². The summed E-state index contributed by atoms with van der Waals surface area (Å²) in [6.07, 6.45) is 0. The van der Waals surface area contributed by atoms with Crippen LogP contribution in [0.2, 0.25) is 5.02 Å². The van der Waals surface area contributed by atoms with Crippen LogP contribution in [0, 0.1) is 27.7 Å². The Morgan fingerprint density at radius 2 is 1.58 bits per heavy atom. The molecule has 156 valence electrons. The molecule has 1 N–H and O–H groups in total. The molecule has 0 saturated carbocycles. The van der Waals surface area contributed by atoms with Crippen molar-refractivity contribution in [2.45, 2.75) is 27.7 Å². The highest BCUT2D eigenvalue weighted by Gasteiger charge is 2.20. The van der Waals surface area contributed by atoms with Crippen LogP contribution >= 0.6 is 11.6 Å². The SMILES string of the molecule is Cc1ccc(-c2nc(C(=O)Nc3c(C)cccc3C)nn2-c2ccc(C)c(Cl)c2)cc1. The Balaban J connectivity index is 1.80. The lowest BCUT2D eigenvalue weighted by Gasteiger charge is -2.09. The molecule has 4 rings (SSSR count). The lowest BCUT2D eigenvalue weighted by atomic mass is 10.1. The summed E-state index contributed by atoms with van der Waals surface area (Å²) in [5, 5.41) is 8.13. The Morgan fingerprint density at radius 3 is 2.23 bits per heavy atom. The van der Waals surface area contributed by atoms with Gasteiger partial charge in [-0.2, -0.15) is 0 Å². The van der Waals surface area contributed by atoms with E-state index in [1.165, 1.54) is 0 Å². The summed E-state index contributed by atoms with van der Waals surface area (Å²) < 4.78 is 1.66. The van der Waals surface area contributed by atoms with Crippen LogP contribution in [-0.4, -0.2) is 20.7 Å². The average Bonchev–Trinajstić information content (AvgIpc) is 3.19. The van der Waals surface area contributed by atoms with Crippen LogP contribution in [-0.2, 0) is 0 Å². The molecule has 1 heterocycles. The molecule has 5 nitrogen and oxygen atoms in total. The minimum absolute atomic E-state index is 0.0925. The maximum absolute atomic E-state index is 13.0. The molecular formula is C25H23ClN4O. The van der Waals surface area contributed by atoms with Gasteiger partial charge in [-0.1, -0.05) is 65.7 Å². The first-order valence-electron chi connectivity index (χ1n) is 10.0. The van der Waals surface area contributed by atoms with Crippen molar-refractivity contribution in [1.29, 1.82) is 0 Å². The monoisotopic (exact) mass is 430 g/mol. The van der Waals surface area contributed by atoms with Gasteiger partial charge in [-0.15, -0.1) is 5.10 Å². The van der Waals surface area contributed by atoms with Crippen molar-refractivity contribution < 1.29 is 4.79 Å². The molecule has 0 aliphatic rings. The van der Waals surface area contributed by atoms with Gasteiger partial charge in [0.05, 0.1) is 5.69 Å². The fraction of sp³-hybridized carbons (Fsp3) is 0.160. The van der Waals surface area contributed by atoms with E-state index in [0.29, 0.717) is 10.8 Å². The minimum Gasteiger partial charge on any atom is -0.319 e. The summed E-state index contributed by atoms with van der Waals surface area (Å²) in [6, 6.07) is 19.5. The molecule has 4 aromatic rings. The zero-order valence-corrected chi connectivity index (χ0v) is 18.7. The number of hydrogen-bond donors (Lipinski definition) is 1. The highest BCUT2D eigenvalue weighted by molar-refractivity contribution is 6.31. The number of carbonyl (C=O) groups is 1. The highest BCUT2D eigenvalue weighted by Crippen LogP contribution is 2.26. The van der Waals surface area contributed by atoms with Gasteiger partial charge in [0.15, 0.2) is 5.82 Å². The Hall–Kier alpha value is -3.44. The number of benzene rings is 3. The number of nitrogens with zero attached hydrogens (tertiary/aromatic N) is 3. The van der Waals surface area contributed by atoms with Crippen LogP contribution in [0.4, 0.5) is 5.69 Å². The quantitative estimate of drug-likeness (QED) is 0.427. The summed E-state index contributed by atoms with van der Waals surface area (Å²) >= 11 is 6.35. The number of para-hydroxylation sites is 1. The second-order valence-corrected chi connectivity index (χ2v) is 8.10. The van der Waals surface area contributed by atoms with Gasteiger partial charge in [0.25, 0.3) is 5.91 Å². The van der Waals surface area contributed by atoms with Crippen LogP contribution in [0.25, 0.3) is 17.1 Å². The molecule has 0 unspecified atom stereocenters. The summed E-state index contributed by atoms with van der Waals surface area (Å²) in [6.45, 7) is 7.89. The highest BCUT2D eigenvalue weighted by atomic mass is 35.5. The van der Waals surface area contributed by atoms with Gasteiger partial charge in [-0.3, -0.25) is 4.79 Å². The summed E-state index contributed by atoms with van der Waals surface area (Å²) in [5.41, 5.74) is 6.45. The number of rotatable bonds is 4. The maximum Gasteiger partial charge on any atom is 0.295 e. The van der Waals surface area contributed by atoms with E-state index in [1.54, 1.807) is 4.68 Å². The van der Waals surface area contributed by atoms with Gasteiger partial charge in [-0.05, 0) is 56.5 Å². The standard InChI is InChI=1S/C25H23ClN4O/c1-15-8-11-19(12-9-15)24-28-23(25(31)27-22-17(3)6-5-7-18(22)4)29-30(24)20-13-10-16(2)21(26)14-20/h5-14H,1-4H3,(H,27,31). The zero-order chi connectivity index (χ0) is 22.1. The molecule has 3 aromatic carbocycles. The minimum atomic E-state index is -0.359. The van der Waals surface area contributed by atoms with Crippen molar-refractivity contribution in [3.63, 3.8) is 0 Å². The van der Waals surface area contributed by atoms with E-state index in [4.69, 9.17) is 11.6 Å². The molecule has 0 atom stereocenters. The van der Waals surface area contributed by atoms with Gasteiger partial charge < -0.3 is 5.32 Å². The third-order valence-corrected chi connectivity index (χ3v) is 5.65. The largest absolute Gasteiger partial charge is 0.319 e. The van der Waals surface area contributed by atoms with Crippen molar-refractivity contribution in [2.24, 2.45) is 0 Å². The van der Waals surface area contributed by atoms with Crippen molar-refractivity contribution >= 4 is 23.2 Å². The Kier molecular flexibility index (Phi) is 5.61. The molecule has 0 radical (unpaired) electrons. The van der Waals surface area contributed by atoms with Gasteiger partial charge in [-0.25, -0.2) is 9.67 Å². The molecule has 0 aliphatic carbocycles. The van der Waals surface area contributed by atoms with Crippen LogP contribution in [0.15, 0.2) is 60.7 Å². The number of hydrogen-bond acceptors (Lipinski definition) is 3. The number of nitrogens with one attached hydrogen (secondary N) is 1. The van der Waals surface area contributed by atoms with E-state index in [9.17, 15) is 4.79 Å². The van der Waals surface area contributed by atoms with Crippen molar-refractivity contribution in [2.75, 3.05) is 5.32 Å². The van der Waals surface area contributed by atoms with Gasteiger partial charge >= 0.3 is 0 Å². The van der Waals surface area contributed by atoms with E-state index in [1.807, 2.05) is 88.4 Å². The molecule has 31 heavy (non-hydrogen) atoms. The molecule has 1 amide bonds.